The lowest BCUT2D eigenvalue weighted by atomic mass is 10.2. The third kappa shape index (κ3) is 4.44. The molecule has 17 heavy (non-hydrogen) atoms. The van der Waals surface area contributed by atoms with Crippen LogP contribution in [0.4, 0.5) is 5.69 Å². The third-order valence-electron chi connectivity index (χ3n) is 2.21. The summed E-state index contributed by atoms with van der Waals surface area (Å²) >= 11 is 0. The Morgan fingerprint density at radius 1 is 1.29 bits per heavy atom. The zero-order valence-corrected chi connectivity index (χ0v) is 10.4. The molecule has 0 aliphatic heterocycles. The Kier molecular flexibility index (Phi) is 4.51. The Morgan fingerprint density at radius 2 is 1.88 bits per heavy atom. The normalized spacial score (nSPS) is 11.1. The van der Waals surface area contributed by atoms with Gasteiger partial charge >= 0.3 is 5.97 Å². The summed E-state index contributed by atoms with van der Waals surface area (Å²) in [7, 11) is -3.10. The van der Waals surface area contributed by atoms with E-state index in [2.05, 4.69) is 0 Å². The summed E-state index contributed by atoms with van der Waals surface area (Å²) in [5.74, 6) is -0.646. The van der Waals surface area contributed by atoms with E-state index in [1.165, 1.54) is 12.1 Å². The van der Waals surface area contributed by atoms with Crippen molar-refractivity contribution in [2.45, 2.75) is 6.92 Å². The van der Waals surface area contributed by atoms with Gasteiger partial charge in [0.1, 0.15) is 6.61 Å². The van der Waals surface area contributed by atoms with E-state index in [1.54, 1.807) is 19.1 Å². The standard InChI is InChI=1S/C11H15NO4S/c1-2-17(14,15)8-7-16-11(13)9-3-5-10(12)6-4-9/h3-6H,2,7-8,12H2,1H3. The van der Waals surface area contributed by atoms with Gasteiger partial charge in [0.2, 0.25) is 0 Å². The van der Waals surface area contributed by atoms with Gasteiger partial charge in [0.05, 0.1) is 11.3 Å². The first-order valence-electron chi connectivity index (χ1n) is 5.17. The molecular weight excluding hydrogens is 242 g/mol. The van der Waals surface area contributed by atoms with E-state index in [-0.39, 0.29) is 18.1 Å². The highest BCUT2D eigenvalue weighted by Gasteiger charge is 2.11. The van der Waals surface area contributed by atoms with Gasteiger partial charge in [-0.25, -0.2) is 13.2 Å². The Labute approximate surface area is 100 Å². The minimum Gasteiger partial charge on any atom is -0.461 e. The highest BCUT2D eigenvalue weighted by atomic mass is 32.2. The van der Waals surface area contributed by atoms with Gasteiger partial charge in [0.25, 0.3) is 0 Å². The topological polar surface area (TPSA) is 86.5 Å². The number of carbonyl (C=O) groups excluding carboxylic acids is 1. The molecule has 0 aliphatic carbocycles. The summed E-state index contributed by atoms with van der Waals surface area (Å²) in [5.41, 5.74) is 6.38. The molecule has 0 spiro atoms. The van der Waals surface area contributed by atoms with Crippen molar-refractivity contribution in [3.05, 3.63) is 29.8 Å². The van der Waals surface area contributed by atoms with Crippen LogP contribution in [0.5, 0.6) is 0 Å². The molecule has 6 heteroatoms. The van der Waals surface area contributed by atoms with Gasteiger partial charge in [-0.05, 0) is 24.3 Å². The van der Waals surface area contributed by atoms with Gasteiger partial charge in [0, 0.05) is 11.4 Å². The highest BCUT2D eigenvalue weighted by Crippen LogP contribution is 2.06. The van der Waals surface area contributed by atoms with Crippen molar-refractivity contribution >= 4 is 21.5 Å². The van der Waals surface area contributed by atoms with Gasteiger partial charge in [0.15, 0.2) is 9.84 Å². The fourth-order valence-corrected chi connectivity index (χ4v) is 1.73. The number of benzene rings is 1. The van der Waals surface area contributed by atoms with Crippen LogP contribution < -0.4 is 5.73 Å². The van der Waals surface area contributed by atoms with Crippen LogP contribution in [0.1, 0.15) is 17.3 Å². The van der Waals surface area contributed by atoms with Crippen molar-refractivity contribution < 1.29 is 17.9 Å². The van der Waals surface area contributed by atoms with Crippen LogP contribution in [0.3, 0.4) is 0 Å². The van der Waals surface area contributed by atoms with Crippen LogP contribution in [0.2, 0.25) is 0 Å². The summed E-state index contributed by atoms with van der Waals surface area (Å²) in [6.07, 6.45) is 0. The minimum absolute atomic E-state index is 0.0480. The molecule has 0 saturated carbocycles. The van der Waals surface area contributed by atoms with Crippen molar-refractivity contribution in [1.29, 1.82) is 0 Å². The Balaban J connectivity index is 2.48. The van der Waals surface area contributed by atoms with Crippen LogP contribution >= 0.6 is 0 Å². The molecule has 94 valence electrons. The van der Waals surface area contributed by atoms with E-state index in [9.17, 15) is 13.2 Å². The number of hydrogen-bond donors (Lipinski definition) is 1. The molecule has 0 radical (unpaired) electrons. The molecule has 0 atom stereocenters. The number of nitrogen functional groups attached to an aromatic ring is 1. The summed E-state index contributed by atoms with van der Waals surface area (Å²) in [6.45, 7) is 1.43. The first-order valence-corrected chi connectivity index (χ1v) is 7.00. The third-order valence-corrected chi connectivity index (χ3v) is 3.88. The molecule has 1 aromatic carbocycles. The van der Waals surface area contributed by atoms with Crippen molar-refractivity contribution in [3.8, 4) is 0 Å². The van der Waals surface area contributed by atoms with Gasteiger partial charge < -0.3 is 10.5 Å². The van der Waals surface area contributed by atoms with E-state index in [4.69, 9.17) is 10.5 Å². The molecule has 1 aromatic rings. The van der Waals surface area contributed by atoms with Crippen LogP contribution in [0.15, 0.2) is 24.3 Å². The molecule has 0 amide bonds. The molecule has 0 unspecified atom stereocenters. The average molecular weight is 257 g/mol. The summed E-state index contributed by atoms with van der Waals surface area (Å²) in [6, 6.07) is 6.23. The summed E-state index contributed by atoms with van der Waals surface area (Å²) in [5, 5.41) is 0. The number of carbonyl (C=O) groups is 1. The lowest BCUT2D eigenvalue weighted by molar-refractivity contribution is 0.0529. The van der Waals surface area contributed by atoms with E-state index in [0.29, 0.717) is 11.3 Å². The molecule has 2 N–H and O–H groups in total. The Bertz CT molecular complexity index is 479. The van der Waals surface area contributed by atoms with E-state index in [0.717, 1.165) is 0 Å². The second-order valence-electron chi connectivity index (χ2n) is 3.49. The summed E-state index contributed by atoms with van der Waals surface area (Å²) < 4.78 is 27.2. The number of ether oxygens (including phenoxy) is 1. The number of esters is 1. The largest absolute Gasteiger partial charge is 0.461 e. The van der Waals surface area contributed by atoms with Gasteiger partial charge in [-0.15, -0.1) is 0 Å². The smallest absolute Gasteiger partial charge is 0.338 e. The molecule has 0 fully saturated rings. The van der Waals surface area contributed by atoms with Crippen LogP contribution in [0.25, 0.3) is 0 Å². The monoisotopic (exact) mass is 257 g/mol. The lowest BCUT2D eigenvalue weighted by Crippen LogP contribution is -2.16. The van der Waals surface area contributed by atoms with Crippen LogP contribution in [-0.4, -0.2) is 32.5 Å². The molecule has 1 rings (SSSR count). The number of anilines is 1. The Hall–Kier alpha value is -1.56. The minimum atomic E-state index is -3.10. The molecule has 0 aromatic heterocycles. The molecule has 5 nitrogen and oxygen atoms in total. The van der Waals surface area contributed by atoms with Crippen molar-refractivity contribution in [2.24, 2.45) is 0 Å². The second-order valence-corrected chi connectivity index (χ2v) is 5.97. The lowest BCUT2D eigenvalue weighted by Gasteiger charge is -2.05. The second kappa shape index (κ2) is 5.67. The zero-order valence-electron chi connectivity index (χ0n) is 9.55. The van der Waals surface area contributed by atoms with E-state index in [1.807, 2.05) is 0 Å². The maximum Gasteiger partial charge on any atom is 0.338 e. The maximum atomic E-state index is 11.5. The predicted octanol–water partition coefficient (Wildman–Crippen LogP) is 0.860. The predicted molar refractivity (Wildman–Crippen MR) is 65.5 cm³/mol. The van der Waals surface area contributed by atoms with Crippen molar-refractivity contribution in [1.82, 2.24) is 0 Å². The van der Waals surface area contributed by atoms with Crippen LogP contribution in [-0.2, 0) is 14.6 Å². The van der Waals surface area contributed by atoms with Gasteiger partial charge in [-0.3, -0.25) is 0 Å². The quantitative estimate of drug-likeness (QED) is 0.624. The maximum absolute atomic E-state index is 11.5. The fourth-order valence-electron chi connectivity index (χ4n) is 1.11. The molecular formula is C11H15NO4S. The van der Waals surface area contributed by atoms with Crippen LogP contribution in [0, 0.1) is 0 Å². The zero-order chi connectivity index (χ0) is 12.9. The molecule has 0 bridgehead atoms. The van der Waals surface area contributed by atoms with Crippen molar-refractivity contribution in [3.63, 3.8) is 0 Å². The van der Waals surface area contributed by atoms with Gasteiger partial charge in [-0.1, -0.05) is 6.92 Å². The number of rotatable bonds is 5. The number of nitrogens with two attached hydrogens (primary N) is 1. The highest BCUT2D eigenvalue weighted by molar-refractivity contribution is 7.91. The number of hydrogen-bond acceptors (Lipinski definition) is 5. The SMILES string of the molecule is CCS(=O)(=O)CCOC(=O)c1ccc(N)cc1. The Morgan fingerprint density at radius 3 is 2.41 bits per heavy atom. The number of sulfone groups is 1. The van der Waals surface area contributed by atoms with Gasteiger partial charge in [-0.2, -0.15) is 0 Å². The average Bonchev–Trinajstić information content (AvgIpc) is 2.29. The first kappa shape index (κ1) is 13.5. The first-order chi connectivity index (χ1) is 7.94. The van der Waals surface area contributed by atoms with E-state index >= 15 is 0 Å². The molecule has 0 saturated heterocycles. The van der Waals surface area contributed by atoms with Crippen molar-refractivity contribution in [2.75, 3.05) is 23.8 Å². The molecule has 0 aliphatic rings. The van der Waals surface area contributed by atoms with E-state index < -0.39 is 15.8 Å². The fraction of sp³-hybridized carbons (Fsp3) is 0.364. The summed E-state index contributed by atoms with van der Waals surface area (Å²) in [4.78, 5) is 11.5. The molecule has 0 heterocycles.